The van der Waals surface area contributed by atoms with E-state index >= 15 is 0 Å². The third-order valence-corrected chi connectivity index (χ3v) is 6.63. The number of nitrogens with zero attached hydrogens (tertiary/aromatic N) is 2. The SMILES string of the molecule is CN(c1ccc(N(c2ccccc2)c2ccccc2)cc1)c1cc2ccccc2c2ccccc12. The van der Waals surface area contributed by atoms with Crippen molar-refractivity contribution < 1.29 is 0 Å². The molecule has 0 saturated carbocycles. The third-order valence-electron chi connectivity index (χ3n) is 6.63. The van der Waals surface area contributed by atoms with Crippen LogP contribution >= 0.6 is 0 Å². The van der Waals surface area contributed by atoms with E-state index in [4.69, 9.17) is 0 Å². The first kappa shape index (κ1) is 21.0. The summed E-state index contributed by atoms with van der Waals surface area (Å²) in [6.07, 6.45) is 0. The van der Waals surface area contributed by atoms with E-state index in [0.29, 0.717) is 0 Å². The number of rotatable bonds is 5. The van der Waals surface area contributed by atoms with Gasteiger partial charge in [-0.05, 0) is 70.8 Å². The van der Waals surface area contributed by atoms with Crippen LogP contribution in [0.3, 0.4) is 0 Å². The number of hydrogen-bond donors (Lipinski definition) is 0. The zero-order valence-electron chi connectivity index (χ0n) is 19.7. The summed E-state index contributed by atoms with van der Waals surface area (Å²) in [4.78, 5) is 4.57. The predicted molar refractivity (Wildman–Crippen MR) is 151 cm³/mol. The Balaban J connectivity index is 1.42. The average Bonchev–Trinajstić information content (AvgIpc) is 2.94. The lowest BCUT2D eigenvalue weighted by Gasteiger charge is -2.27. The normalized spacial score (nSPS) is 11.0. The second-order valence-electron chi connectivity index (χ2n) is 8.74. The molecule has 168 valence electrons. The maximum absolute atomic E-state index is 2.30. The smallest absolute Gasteiger partial charge is 0.0494 e. The van der Waals surface area contributed by atoms with Crippen LogP contribution in [-0.4, -0.2) is 7.05 Å². The van der Waals surface area contributed by atoms with Crippen LogP contribution in [0, 0.1) is 0 Å². The largest absolute Gasteiger partial charge is 0.344 e. The maximum atomic E-state index is 2.30. The van der Waals surface area contributed by atoms with Crippen molar-refractivity contribution in [3.8, 4) is 0 Å². The van der Waals surface area contributed by atoms with Gasteiger partial charge in [-0.25, -0.2) is 0 Å². The second-order valence-corrected chi connectivity index (χ2v) is 8.74. The van der Waals surface area contributed by atoms with Crippen molar-refractivity contribution in [1.29, 1.82) is 0 Å². The average molecular weight is 451 g/mol. The molecule has 0 bridgehead atoms. The van der Waals surface area contributed by atoms with Gasteiger partial charge in [0.1, 0.15) is 0 Å². The Hall–Kier alpha value is -4.56. The predicted octanol–water partition coefficient (Wildman–Crippen LogP) is 9.23. The lowest BCUT2D eigenvalue weighted by atomic mass is 9.99. The van der Waals surface area contributed by atoms with E-state index in [0.717, 1.165) is 22.7 Å². The highest BCUT2D eigenvalue weighted by Gasteiger charge is 2.14. The van der Waals surface area contributed by atoms with E-state index in [1.54, 1.807) is 0 Å². The van der Waals surface area contributed by atoms with Gasteiger partial charge in [0.05, 0.1) is 0 Å². The molecule has 0 saturated heterocycles. The van der Waals surface area contributed by atoms with E-state index in [1.807, 2.05) is 0 Å². The molecule has 2 nitrogen and oxygen atoms in total. The molecule has 35 heavy (non-hydrogen) atoms. The first-order chi connectivity index (χ1) is 17.3. The zero-order valence-corrected chi connectivity index (χ0v) is 19.7. The summed E-state index contributed by atoms with van der Waals surface area (Å²) in [5.41, 5.74) is 5.76. The van der Waals surface area contributed by atoms with E-state index in [9.17, 15) is 0 Å². The summed E-state index contributed by atoms with van der Waals surface area (Å²) in [7, 11) is 2.15. The molecule has 0 N–H and O–H groups in total. The molecule has 0 aromatic heterocycles. The Bertz CT molecular complexity index is 1550. The monoisotopic (exact) mass is 450 g/mol. The first-order valence-corrected chi connectivity index (χ1v) is 11.9. The molecule has 0 aliphatic rings. The molecular formula is C33H26N2. The van der Waals surface area contributed by atoms with Gasteiger partial charge in [0.2, 0.25) is 0 Å². The molecule has 0 radical (unpaired) electrons. The fourth-order valence-electron chi connectivity index (χ4n) is 4.88. The number of para-hydroxylation sites is 2. The van der Waals surface area contributed by atoms with Crippen molar-refractivity contribution >= 4 is 50.0 Å². The van der Waals surface area contributed by atoms with Crippen molar-refractivity contribution in [3.63, 3.8) is 0 Å². The van der Waals surface area contributed by atoms with Gasteiger partial charge in [-0.15, -0.1) is 0 Å². The third kappa shape index (κ3) is 3.89. The number of hydrogen-bond acceptors (Lipinski definition) is 2. The summed E-state index contributed by atoms with van der Waals surface area (Å²) in [6.45, 7) is 0. The molecule has 0 atom stereocenters. The highest BCUT2D eigenvalue weighted by Crippen LogP contribution is 2.38. The van der Waals surface area contributed by atoms with Gasteiger partial charge in [0, 0.05) is 40.9 Å². The molecule has 0 aliphatic heterocycles. The molecule has 6 aromatic rings. The molecule has 6 rings (SSSR count). The minimum atomic E-state index is 1.13. The van der Waals surface area contributed by atoms with E-state index in [1.165, 1.54) is 27.2 Å². The van der Waals surface area contributed by atoms with Crippen molar-refractivity contribution in [2.75, 3.05) is 16.8 Å². The van der Waals surface area contributed by atoms with Crippen LogP contribution < -0.4 is 9.80 Å². The minimum Gasteiger partial charge on any atom is -0.344 e. The van der Waals surface area contributed by atoms with Gasteiger partial charge in [0.15, 0.2) is 0 Å². The fourth-order valence-corrected chi connectivity index (χ4v) is 4.88. The van der Waals surface area contributed by atoms with Crippen LogP contribution in [0.5, 0.6) is 0 Å². The van der Waals surface area contributed by atoms with E-state index in [-0.39, 0.29) is 0 Å². The number of benzene rings is 6. The van der Waals surface area contributed by atoms with Crippen LogP contribution in [0.25, 0.3) is 21.5 Å². The summed E-state index contributed by atoms with van der Waals surface area (Å²) >= 11 is 0. The lowest BCUT2D eigenvalue weighted by molar-refractivity contribution is 1.21. The topological polar surface area (TPSA) is 6.48 Å². The minimum absolute atomic E-state index is 1.13. The Labute approximate surface area is 206 Å². The van der Waals surface area contributed by atoms with Gasteiger partial charge in [-0.3, -0.25) is 0 Å². The highest BCUT2D eigenvalue weighted by atomic mass is 15.1. The van der Waals surface area contributed by atoms with Gasteiger partial charge < -0.3 is 9.80 Å². The van der Waals surface area contributed by atoms with E-state index in [2.05, 4.69) is 156 Å². The van der Waals surface area contributed by atoms with Crippen LogP contribution in [-0.2, 0) is 0 Å². The number of anilines is 5. The molecular weight excluding hydrogens is 424 g/mol. The van der Waals surface area contributed by atoms with Gasteiger partial charge in [-0.1, -0.05) is 84.9 Å². The number of fused-ring (bicyclic) bond motifs is 3. The van der Waals surface area contributed by atoms with Gasteiger partial charge in [0.25, 0.3) is 0 Å². The van der Waals surface area contributed by atoms with Gasteiger partial charge in [-0.2, -0.15) is 0 Å². The Morgan fingerprint density at radius 2 is 0.857 bits per heavy atom. The molecule has 0 amide bonds. The van der Waals surface area contributed by atoms with Gasteiger partial charge >= 0.3 is 0 Å². The van der Waals surface area contributed by atoms with Crippen molar-refractivity contribution in [1.82, 2.24) is 0 Å². The van der Waals surface area contributed by atoms with Crippen LogP contribution in [0.2, 0.25) is 0 Å². The fraction of sp³-hybridized carbons (Fsp3) is 0.0303. The maximum Gasteiger partial charge on any atom is 0.0494 e. The summed E-state index contributed by atoms with van der Waals surface area (Å²) in [5, 5.41) is 5.08. The van der Waals surface area contributed by atoms with Crippen LogP contribution in [0.4, 0.5) is 28.4 Å². The molecule has 0 fully saturated rings. The van der Waals surface area contributed by atoms with Crippen molar-refractivity contribution in [2.24, 2.45) is 0 Å². The summed E-state index contributed by atoms with van der Waals surface area (Å²) in [6, 6.07) is 49.4. The molecule has 0 spiro atoms. The standard InChI is InChI=1S/C33H26N2/c1-34(33-24-25-12-8-9-17-30(25)31-18-10-11-19-32(31)33)26-20-22-29(23-21-26)35(27-13-4-2-5-14-27)28-15-6-3-7-16-28/h2-24H,1H3. The molecule has 2 heteroatoms. The Morgan fingerprint density at radius 3 is 1.49 bits per heavy atom. The molecule has 0 aliphatic carbocycles. The Morgan fingerprint density at radius 1 is 0.400 bits per heavy atom. The highest BCUT2D eigenvalue weighted by molar-refractivity contribution is 6.13. The Kier molecular flexibility index (Phi) is 5.40. The zero-order chi connectivity index (χ0) is 23.6. The molecule has 0 unspecified atom stereocenters. The van der Waals surface area contributed by atoms with E-state index < -0.39 is 0 Å². The summed E-state index contributed by atoms with van der Waals surface area (Å²) in [5.74, 6) is 0. The molecule has 0 heterocycles. The first-order valence-electron chi connectivity index (χ1n) is 11.9. The van der Waals surface area contributed by atoms with Crippen molar-refractivity contribution in [3.05, 3.63) is 140 Å². The van der Waals surface area contributed by atoms with Crippen molar-refractivity contribution in [2.45, 2.75) is 0 Å². The van der Waals surface area contributed by atoms with Crippen LogP contribution in [0.1, 0.15) is 0 Å². The quantitative estimate of drug-likeness (QED) is 0.242. The lowest BCUT2D eigenvalue weighted by Crippen LogP contribution is -2.12. The second kappa shape index (κ2) is 9.00. The molecule has 6 aromatic carbocycles. The summed E-state index contributed by atoms with van der Waals surface area (Å²) < 4.78 is 0. The van der Waals surface area contributed by atoms with Crippen LogP contribution in [0.15, 0.2) is 140 Å².